The van der Waals surface area contributed by atoms with E-state index in [9.17, 15) is 0 Å². The highest BCUT2D eigenvalue weighted by molar-refractivity contribution is 5.74. The molecule has 1 heterocycles. The molecular weight excluding hydrogens is 188 g/mol. The Hall–Kier alpha value is -1.55. The molecule has 0 amide bonds. The summed E-state index contributed by atoms with van der Waals surface area (Å²) in [4.78, 5) is 4.42. The van der Waals surface area contributed by atoms with Crippen LogP contribution in [0, 0.1) is 6.92 Å². The van der Waals surface area contributed by atoms with Gasteiger partial charge in [-0.25, -0.2) is 4.98 Å². The summed E-state index contributed by atoms with van der Waals surface area (Å²) in [7, 11) is 0. The van der Waals surface area contributed by atoms with Crippen molar-refractivity contribution in [2.45, 2.75) is 26.3 Å². The van der Waals surface area contributed by atoms with Gasteiger partial charge in [0.2, 0.25) is 0 Å². The molecule has 0 aliphatic heterocycles. The van der Waals surface area contributed by atoms with Crippen LogP contribution in [0.3, 0.4) is 0 Å². The topological polar surface area (TPSA) is 64.7 Å². The fraction of sp³-hybridized carbons (Fsp3) is 0.364. The Morgan fingerprint density at radius 1 is 1.27 bits per heavy atom. The lowest BCUT2D eigenvalue weighted by Gasteiger charge is -2.03. The highest BCUT2D eigenvalue weighted by atomic mass is 15.1. The van der Waals surface area contributed by atoms with Crippen molar-refractivity contribution in [1.82, 2.24) is 15.2 Å². The molecule has 1 aromatic heterocycles. The fourth-order valence-electron chi connectivity index (χ4n) is 1.46. The first-order valence-corrected chi connectivity index (χ1v) is 5.00. The zero-order valence-corrected chi connectivity index (χ0v) is 8.94. The molecule has 0 bridgehead atoms. The Balaban J connectivity index is 2.45. The SMILES string of the molecule is Cc1ccc2nnc(CC(C)N)nc2c1. The van der Waals surface area contributed by atoms with Crippen molar-refractivity contribution in [1.29, 1.82) is 0 Å². The van der Waals surface area contributed by atoms with Crippen molar-refractivity contribution in [2.75, 3.05) is 0 Å². The van der Waals surface area contributed by atoms with Gasteiger partial charge in [0.25, 0.3) is 0 Å². The zero-order valence-electron chi connectivity index (χ0n) is 8.94. The van der Waals surface area contributed by atoms with E-state index < -0.39 is 0 Å². The number of aromatic nitrogens is 3. The van der Waals surface area contributed by atoms with E-state index in [0.717, 1.165) is 11.0 Å². The number of fused-ring (bicyclic) bond motifs is 1. The zero-order chi connectivity index (χ0) is 10.8. The summed E-state index contributed by atoms with van der Waals surface area (Å²) in [6, 6.07) is 6.01. The quantitative estimate of drug-likeness (QED) is 0.795. The standard InChI is InChI=1S/C11H14N4/c1-7-3-4-9-10(5-7)13-11(15-14-9)6-8(2)12/h3-5,8H,6,12H2,1-2H3. The highest BCUT2D eigenvalue weighted by Crippen LogP contribution is 2.10. The third-order valence-electron chi connectivity index (χ3n) is 2.16. The lowest BCUT2D eigenvalue weighted by atomic mass is 10.2. The lowest BCUT2D eigenvalue weighted by molar-refractivity contribution is 0.692. The summed E-state index contributed by atoms with van der Waals surface area (Å²) < 4.78 is 0. The Morgan fingerprint density at radius 2 is 2.07 bits per heavy atom. The van der Waals surface area contributed by atoms with Gasteiger partial charge in [-0.3, -0.25) is 0 Å². The number of nitrogens with two attached hydrogens (primary N) is 1. The molecule has 1 unspecified atom stereocenters. The van der Waals surface area contributed by atoms with Crippen LogP contribution < -0.4 is 5.73 Å². The first-order valence-electron chi connectivity index (χ1n) is 5.00. The molecule has 4 heteroatoms. The maximum absolute atomic E-state index is 5.69. The van der Waals surface area contributed by atoms with E-state index >= 15 is 0 Å². The van der Waals surface area contributed by atoms with E-state index in [2.05, 4.69) is 15.2 Å². The van der Waals surface area contributed by atoms with Crippen molar-refractivity contribution in [2.24, 2.45) is 5.73 Å². The number of hydrogen-bond acceptors (Lipinski definition) is 4. The third-order valence-corrected chi connectivity index (χ3v) is 2.16. The summed E-state index contributed by atoms with van der Waals surface area (Å²) in [6.45, 7) is 3.97. The lowest BCUT2D eigenvalue weighted by Crippen LogP contribution is -2.19. The molecule has 0 aliphatic carbocycles. The molecule has 2 aromatic rings. The van der Waals surface area contributed by atoms with Gasteiger partial charge in [0.05, 0.1) is 5.52 Å². The Labute approximate surface area is 88.5 Å². The van der Waals surface area contributed by atoms with Crippen LogP contribution >= 0.6 is 0 Å². The van der Waals surface area contributed by atoms with Gasteiger partial charge >= 0.3 is 0 Å². The summed E-state index contributed by atoms with van der Waals surface area (Å²) in [6.07, 6.45) is 0.664. The van der Waals surface area contributed by atoms with Crippen molar-refractivity contribution in [3.05, 3.63) is 29.6 Å². The minimum absolute atomic E-state index is 0.0639. The molecule has 2 rings (SSSR count). The van der Waals surface area contributed by atoms with E-state index in [1.807, 2.05) is 32.0 Å². The van der Waals surface area contributed by atoms with Crippen molar-refractivity contribution < 1.29 is 0 Å². The number of hydrogen-bond donors (Lipinski definition) is 1. The van der Waals surface area contributed by atoms with Crippen LogP contribution in [0.15, 0.2) is 18.2 Å². The van der Waals surface area contributed by atoms with Gasteiger partial charge in [-0.1, -0.05) is 6.07 Å². The average molecular weight is 202 g/mol. The number of aryl methyl sites for hydroxylation is 1. The van der Waals surface area contributed by atoms with Crippen LogP contribution in [-0.2, 0) is 6.42 Å². The second-order valence-corrected chi connectivity index (χ2v) is 3.90. The van der Waals surface area contributed by atoms with Gasteiger partial charge in [-0.05, 0) is 31.5 Å². The largest absolute Gasteiger partial charge is 0.328 e. The number of nitrogens with zero attached hydrogens (tertiary/aromatic N) is 3. The first-order chi connectivity index (χ1) is 7.15. The average Bonchev–Trinajstić information content (AvgIpc) is 2.16. The predicted octanol–water partition coefficient (Wildman–Crippen LogP) is 1.22. The van der Waals surface area contributed by atoms with Crippen molar-refractivity contribution >= 4 is 11.0 Å². The Kier molecular flexibility index (Phi) is 2.60. The van der Waals surface area contributed by atoms with Crippen LogP contribution in [0.2, 0.25) is 0 Å². The van der Waals surface area contributed by atoms with Crippen molar-refractivity contribution in [3.63, 3.8) is 0 Å². The normalized spacial score (nSPS) is 13.0. The van der Waals surface area contributed by atoms with Crippen LogP contribution in [-0.4, -0.2) is 21.2 Å². The molecule has 4 nitrogen and oxygen atoms in total. The van der Waals surface area contributed by atoms with E-state index in [4.69, 9.17) is 5.73 Å². The molecule has 0 saturated heterocycles. The van der Waals surface area contributed by atoms with Crippen LogP contribution in [0.25, 0.3) is 11.0 Å². The van der Waals surface area contributed by atoms with E-state index in [1.165, 1.54) is 5.56 Å². The second kappa shape index (κ2) is 3.90. The molecule has 1 aromatic carbocycles. The predicted molar refractivity (Wildman–Crippen MR) is 59.4 cm³/mol. The molecule has 0 radical (unpaired) electrons. The first kappa shape index (κ1) is 9.98. The van der Waals surface area contributed by atoms with Crippen LogP contribution in [0.1, 0.15) is 18.3 Å². The van der Waals surface area contributed by atoms with Crippen molar-refractivity contribution in [3.8, 4) is 0 Å². The minimum atomic E-state index is 0.0639. The van der Waals surface area contributed by atoms with Crippen LogP contribution in [0.5, 0.6) is 0 Å². The van der Waals surface area contributed by atoms with Gasteiger partial charge < -0.3 is 5.73 Å². The molecule has 0 spiro atoms. The number of benzene rings is 1. The van der Waals surface area contributed by atoms with Crippen LogP contribution in [0.4, 0.5) is 0 Å². The minimum Gasteiger partial charge on any atom is -0.328 e. The summed E-state index contributed by atoms with van der Waals surface area (Å²) in [5, 5.41) is 8.14. The molecule has 2 N–H and O–H groups in total. The fourth-order valence-corrected chi connectivity index (χ4v) is 1.46. The molecule has 0 fully saturated rings. The van der Waals surface area contributed by atoms with E-state index in [-0.39, 0.29) is 6.04 Å². The van der Waals surface area contributed by atoms with E-state index in [1.54, 1.807) is 0 Å². The Morgan fingerprint density at radius 3 is 2.80 bits per heavy atom. The molecule has 78 valence electrons. The molecule has 15 heavy (non-hydrogen) atoms. The van der Waals surface area contributed by atoms with E-state index in [0.29, 0.717) is 12.2 Å². The third kappa shape index (κ3) is 2.27. The molecular formula is C11H14N4. The molecule has 1 atom stereocenters. The smallest absolute Gasteiger partial charge is 0.153 e. The van der Waals surface area contributed by atoms with Gasteiger partial charge in [-0.15, -0.1) is 10.2 Å². The summed E-state index contributed by atoms with van der Waals surface area (Å²) >= 11 is 0. The second-order valence-electron chi connectivity index (χ2n) is 3.90. The highest BCUT2D eigenvalue weighted by Gasteiger charge is 2.04. The van der Waals surface area contributed by atoms with Gasteiger partial charge in [-0.2, -0.15) is 0 Å². The monoisotopic (exact) mass is 202 g/mol. The summed E-state index contributed by atoms with van der Waals surface area (Å²) in [5.41, 5.74) is 8.58. The van der Waals surface area contributed by atoms with Gasteiger partial charge in [0.1, 0.15) is 5.52 Å². The van der Waals surface area contributed by atoms with Gasteiger partial charge in [0.15, 0.2) is 5.82 Å². The molecule has 0 saturated carbocycles. The van der Waals surface area contributed by atoms with Gasteiger partial charge in [0, 0.05) is 12.5 Å². The maximum Gasteiger partial charge on any atom is 0.153 e. The number of rotatable bonds is 2. The summed E-state index contributed by atoms with van der Waals surface area (Å²) in [5.74, 6) is 0.711. The Bertz CT molecular complexity index is 479. The molecule has 0 aliphatic rings. The maximum atomic E-state index is 5.69.